The molecule has 1 aromatic carbocycles. The molecule has 0 radical (unpaired) electrons. The van der Waals surface area contributed by atoms with Crippen LogP contribution in [0, 0.1) is 0 Å². The van der Waals surface area contributed by atoms with Crippen molar-refractivity contribution in [1.82, 2.24) is 0 Å². The molecular weight excluding hydrogens is 241 g/mol. The van der Waals surface area contributed by atoms with Gasteiger partial charge in [-0.15, -0.1) is 11.8 Å². The molecule has 0 unspecified atom stereocenters. The fraction of sp³-hybridized carbons (Fsp3) is 0.300. The summed E-state index contributed by atoms with van der Waals surface area (Å²) in [6, 6.07) is 4.78. The number of rotatable bonds is 4. The Balaban J connectivity index is 2.64. The van der Waals surface area contributed by atoms with Gasteiger partial charge in [0.15, 0.2) is 0 Å². The molecule has 0 aromatic heterocycles. The molecule has 6 heteroatoms. The quantitative estimate of drug-likeness (QED) is 0.765. The highest BCUT2D eigenvalue weighted by Crippen LogP contribution is 2.31. The summed E-state index contributed by atoms with van der Waals surface area (Å²) < 4.78 is 36.9. The van der Waals surface area contributed by atoms with E-state index in [1.807, 2.05) is 0 Å². The van der Waals surface area contributed by atoms with E-state index in [-0.39, 0.29) is 12.2 Å². The lowest BCUT2D eigenvalue weighted by Gasteiger charge is -2.08. The van der Waals surface area contributed by atoms with Gasteiger partial charge in [0.25, 0.3) is 0 Å². The molecule has 0 N–H and O–H groups in total. The number of carboxylic acids is 1. The van der Waals surface area contributed by atoms with Crippen LogP contribution in [0.25, 0.3) is 0 Å². The van der Waals surface area contributed by atoms with Crippen molar-refractivity contribution in [3.8, 4) is 0 Å². The van der Waals surface area contributed by atoms with E-state index in [0.717, 1.165) is 23.9 Å². The van der Waals surface area contributed by atoms with Crippen LogP contribution in [0.15, 0.2) is 29.2 Å². The third-order valence-electron chi connectivity index (χ3n) is 1.74. The van der Waals surface area contributed by atoms with Gasteiger partial charge in [0.2, 0.25) is 0 Å². The molecule has 1 aromatic rings. The summed E-state index contributed by atoms with van der Waals surface area (Å²) in [6.07, 6.45) is -4.55. The van der Waals surface area contributed by atoms with E-state index in [4.69, 9.17) is 0 Å². The number of benzene rings is 1. The van der Waals surface area contributed by atoms with Gasteiger partial charge in [-0.2, -0.15) is 13.2 Å². The van der Waals surface area contributed by atoms with Crippen molar-refractivity contribution in [2.45, 2.75) is 17.5 Å². The zero-order chi connectivity index (χ0) is 12.2. The molecule has 0 aliphatic heterocycles. The number of carbonyl (C=O) groups excluding carboxylic acids is 1. The van der Waals surface area contributed by atoms with Gasteiger partial charge in [-0.25, -0.2) is 0 Å². The maximum atomic E-state index is 12.3. The molecule has 0 fully saturated rings. The van der Waals surface area contributed by atoms with Crippen molar-refractivity contribution >= 4 is 17.7 Å². The van der Waals surface area contributed by atoms with Gasteiger partial charge >= 0.3 is 6.18 Å². The highest BCUT2D eigenvalue weighted by Gasteiger charge is 2.30. The molecule has 0 heterocycles. The van der Waals surface area contributed by atoms with Crippen LogP contribution >= 0.6 is 11.8 Å². The maximum absolute atomic E-state index is 12.3. The molecule has 1 rings (SSSR count). The Hall–Kier alpha value is -1.17. The van der Waals surface area contributed by atoms with E-state index in [9.17, 15) is 23.1 Å². The summed E-state index contributed by atoms with van der Waals surface area (Å²) in [5.41, 5.74) is -0.731. The SMILES string of the molecule is O=C([O-])CCSc1cccc(C(F)(F)F)c1. The Morgan fingerprint density at radius 1 is 1.38 bits per heavy atom. The van der Waals surface area contributed by atoms with Gasteiger partial charge in [0, 0.05) is 16.6 Å². The number of hydrogen-bond donors (Lipinski definition) is 0. The summed E-state index contributed by atoms with van der Waals surface area (Å²) in [7, 11) is 0. The van der Waals surface area contributed by atoms with Crippen LogP contribution in [0.1, 0.15) is 12.0 Å². The van der Waals surface area contributed by atoms with E-state index >= 15 is 0 Å². The van der Waals surface area contributed by atoms with Crippen molar-refractivity contribution in [3.05, 3.63) is 29.8 Å². The first-order chi connectivity index (χ1) is 7.39. The van der Waals surface area contributed by atoms with Crippen LogP contribution in [0.2, 0.25) is 0 Å². The Morgan fingerprint density at radius 3 is 2.62 bits per heavy atom. The Bertz CT molecular complexity index is 377. The predicted octanol–water partition coefficient (Wildman–Crippen LogP) is 1.94. The van der Waals surface area contributed by atoms with Crippen LogP contribution in [-0.4, -0.2) is 11.7 Å². The predicted molar refractivity (Wildman–Crippen MR) is 51.8 cm³/mol. The average molecular weight is 249 g/mol. The highest BCUT2D eigenvalue weighted by atomic mass is 32.2. The first-order valence-electron chi connectivity index (χ1n) is 4.39. The average Bonchev–Trinajstić information content (AvgIpc) is 2.16. The normalized spacial score (nSPS) is 11.4. The molecular formula is C10H8F3O2S-. The second-order valence-corrected chi connectivity index (χ2v) is 4.16. The summed E-state index contributed by atoms with van der Waals surface area (Å²) >= 11 is 1.06. The Kier molecular flexibility index (Phi) is 4.23. The number of hydrogen-bond acceptors (Lipinski definition) is 3. The monoisotopic (exact) mass is 249 g/mol. The topological polar surface area (TPSA) is 40.1 Å². The fourth-order valence-electron chi connectivity index (χ4n) is 1.01. The second kappa shape index (κ2) is 5.25. The van der Waals surface area contributed by atoms with E-state index in [0.29, 0.717) is 4.90 Å². The molecule has 0 saturated heterocycles. The lowest BCUT2D eigenvalue weighted by molar-refractivity contribution is -0.305. The molecule has 0 aliphatic rings. The summed E-state index contributed by atoms with van der Waals surface area (Å²) in [5.74, 6) is -1.01. The van der Waals surface area contributed by atoms with Crippen molar-refractivity contribution in [2.75, 3.05) is 5.75 Å². The van der Waals surface area contributed by atoms with Crippen molar-refractivity contribution in [2.24, 2.45) is 0 Å². The maximum Gasteiger partial charge on any atom is 0.416 e. The standard InChI is InChI=1S/C10H9F3O2S/c11-10(12,13)7-2-1-3-8(6-7)16-5-4-9(14)15/h1-3,6H,4-5H2,(H,14,15)/p-1. The van der Waals surface area contributed by atoms with Gasteiger partial charge in [-0.05, 0) is 24.6 Å². The van der Waals surface area contributed by atoms with Crippen LogP contribution in [-0.2, 0) is 11.0 Å². The molecule has 0 spiro atoms. The van der Waals surface area contributed by atoms with Crippen LogP contribution in [0.4, 0.5) is 13.2 Å². The van der Waals surface area contributed by atoms with Gasteiger partial charge in [-0.1, -0.05) is 6.07 Å². The Labute approximate surface area is 94.5 Å². The molecule has 0 bridgehead atoms. The highest BCUT2D eigenvalue weighted by molar-refractivity contribution is 7.99. The smallest absolute Gasteiger partial charge is 0.416 e. The minimum Gasteiger partial charge on any atom is -0.550 e. The van der Waals surface area contributed by atoms with Crippen molar-refractivity contribution < 1.29 is 23.1 Å². The molecule has 88 valence electrons. The minimum atomic E-state index is -4.37. The third kappa shape index (κ3) is 4.14. The number of carboxylic acid groups (broad SMARTS) is 1. The zero-order valence-electron chi connectivity index (χ0n) is 8.08. The molecule has 0 aliphatic carbocycles. The summed E-state index contributed by atoms with van der Waals surface area (Å²) in [4.78, 5) is 10.5. The summed E-state index contributed by atoms with van der Waals surface area (Å²) in [5, 5.41) is 10.1. The van der Waals surface area contributed by atoms with Crippen LogP contribution in [0.3, 0.4) is 0 Å². The largest absolute Gasteiger partial charge is 0.550 e. The lowest BCUT2D eigenvalue weighted by atomic mass is 10.2. The van der Waals surface area contributed by atoms with Crippen molar-refractivity contribution in [3.63, 3.8) is 0 Å². The van der Waals surface area contributed by atoms with Crippen LogP contribution in [0.5, 0.6) is 0 Å². The fourth-order valence-corrected chi connectivity index (χ4v) is 1.90. The van der Waals surface area contributed by atoms with Gasteiger partial charge in [-0.3, -0.25) is 0 Å². The number of alkyl halides is 3. The van der Waals surface area contributed by atoms with Gasteiger partial charge in [0.05, 0.1) is 5.56 Å². The number of thioether (sulfide) groups is 1. The summed E-state index contributed by atoms with van der Waals surface area (Å²) in [6.45, 7) is 0. The van der Waals surface area contributed by atoms with Gasteiger partial charge in [0.1, 0.15) is 0 Å². The molecule has 16 heavy (non-hydrogen) atoms. The van der Waals surface area contributed by atoms with E-state index < -0.39 is 17.7 Å². The molecule has 0 saturated carbocycles. The first kappa shape index (κ1) is 12.9. The van der Waals surface area contributed by atoms with Crippen LogP contribution < -0.4 is 5.11 Å². The molecule has 0 atom stereocenters. The van der Waals surface area contributed by atoms with E-state index in [1.54, 1.807) is 0 Å². The number of aliphatic carboxylic acids is 1. The number of carbonyl (C=O) groups is 1. The number of halogens is 3. The van der Waals surface area contributed by atoms with E-state index in [2.05, 4.69) is 0 Å². The lowest BCUT2D eigenvalue weighted by Crippen LogP contribution is -2.22. The zero-order valence-corrected chi connectivity index (χ0v) is 8.90. The third-order valence-corrected chi connectivity index (χ3v) is 2.73. The van der Waals surface area contributed by atoms with Gasteiger partial charge < -0.3 is 9.90 Å². The first-order valence-corrected chi connectivity index (χ1v) is 5.38. The van der Waals surface area contributed by atoms with E-state index in [1.165, 1.54) is 12.1 Å². The second-order valence-electron chi connectivity index (χ2n) is 3.00. The minimum absolute atomic E-state index is 0.180. The Morgan fingerprint density at radius 2 is 2.06 bits per heavy atom. The van der Waals surface area contributed by atoms with Crippen molar-refractivity contribution in [1.29, 1.82) is 0 Å². The molecule has 0 amide bonds. The molecule has 2 nitrogen and oxygen atoms in total.